The van der Waals surface area contributed by atoms with E-state index >= 15 is 0 Å². The van der Waals surface area contributed by atoms with Crippen molar-refractivity contribution in [2.75, 3.05) is 26.3 Å². The minimum absolute atomic E-state index is 0.0413. The van der Waals surface area contributed by atoms with Gasteiger partial charge in [-0.15, -0.1) is 0 Å². The molecule has 168 valence electrons. The van der Waals surface area contributed by atoms with Crippen LogP contribution in [0.15, 0.2) is 24.4 Å². The van der Waals surface area contributed by atoms with Crippen LogP contribution in [0.5, 0.6) is 11.9 Å². The number of fused-ring (bicyclic) bond motifs is 1. The molecule has 1 saturated carbocycles. The lowest BCUT2D eigenvalue weighted by molar-refractivity contribution is -0.0672. The highest BCUT2D eigenvalue weighted by molar-refractivity contribution is 5.33. The van der Waals surface area contributed by atoms with Crippen LogP contribution in [0.4, 0.5) is 8.78 Å². The van der Waals surface area contributed by atoms with E-state index in [4.69, 9.17) is 9.47 Å². The van der Waals surface area contributed by atoms with Crippen LogP contribution in [0.1, 0.15) is 44.2 Å². The molecule has 0 bridgehead atoms. The summed E-state index contributed by atoms with van der Waals surface area (Å²) in [6.45, 7) is 6.41. The maximum absolute atomic E-state index is 13.6. The molecule has 0 amide bonds. The Labute approximate surface area is 181 Å². The van der Waals surface area contributed by atoms with Crippen molar-refractivity contribution in [3.63, 3.8) is 0 Å². The predicted octanol–water partition coefficient (Wildman–Crippen LogP) is 3.67. The van der Waals surface area contributed by atoms with E-state index in [9.17, 15) is 13.9 Å². The first-order valence-corrected chi connectivity index (χ1v) is 11.0. The van der Waals surface area contributed by atoms with Gasteiger partial charge < -0.3 is 14.6 Å². The largest absolute Gasteiger partial charge is 0.478 e. The second kappa shape index (κ2) is 9.04. The van der Waals surface area contributed by atoms with Gasteiger partial charge in [0, 0.05) is 37.8 Å². The van der Waals surface area contributed by atoms with Crippen LogP contribution < -0.4 is 9.47 Å². The zero-order valence-corrected chi connectivity index (χ0v) is 18.0. The summed E-state index contributed by atoms with van der Waals surface area (Å²) in [6, 6.07) is 3.84. The minimum atomic E-state index is -1.12. The first-order valence-electron chi connectivity index (χ1n) is 11.0. The van der Waals surface area contributed by atoms with Crippen LogP contribution in [0.25, 0.3) is 0 Å². The highest BCUT2D eigenvalue weighted by Crippen LogP contribution is 2.50. The number of aliphatic hydroxyl groups is 1. The van der Waals surface area contributed by atoms with Gasteiger partial charge in [0.1, 0.15) is 17.2 Å². The second-order valence-corrected chi connectivity index (χ2v) is 8.39. The normalized spacial score (nSPS) is 26.0. The van der Waals surface area contributed by atoms with Crippen molar-refractivity contribution in [1.29, 1.82) is 0 Å². The molecule has 2 heterocycles. The van der Waals surface area contributed by atoms with Crippen molar-refractivity contribution >= 4 is 0 Å². The number of likely N-dealkylation sites (tertiary alicyclic amines) is 1. The predicted molar refractivity (Wildman–Crippen MR) is 111 cm³/mol. The SMILES string of the molecule is CCOc1ncc([C@]2(O)CCC[C@@H]3CN(Cc4cc(F)cc(F)c4)C[C@@H]32)c(OCC)n1. The third-order valence-corrected chi connectivity index (χ3v) is 6.34. The van der Waals surface area contributed by atoms with Crippen LogP contribution in [-0.4, -0.2) is 46.3 Å². The van der Waals surface area contributed by atoms with Crippen molar-refractivity contribution in [3.8, 4) is 11.9 Å². The number of hydrogen-bond donors (Lipinski definition) is 1. The molecule has 0 spiro atoms. The quantitative estimate of drug-likeness (QED) is 0.719. The maximum Gasteiger partial charge on any atom is 0.319 e. The Morgan fingerprint density at radius 1 is 1.13 bits per heavy atom. The minimum Gasteiger partial charge on any atom is -0.478 e. The van der Waals surface area contributed by atoms with E-state index in [2.05, 4.69) is 14.9 Å². The van der Waals surface area contributed by atoms with Gasteiger partial charge in [0.2, 0.25) is 5.88 Å². The van der Waals surface area contributed by atoms with E-state index in [0.29, 0.717) is 49.7 Å². The lowest BCUT2D eigenvalue weighted by Crippen LogP contribution is -2.43. The van der Waals surface area contributed by atoms with Crippen molar-refractivity contribution in [3.05, 3.63) is 47.2 Å². The fraction of sp³-hybridized carbons (Fsp3) is 0.565. The molecule has 0 unspecified atom stereocenters. The molecular weight excluding hydrogens is 404 g/mol. The summed E-state index contributed by atoms with van der Waals surface area (Å²) in [5.74, 6) is -0.555. The highest BCUT2D eigenvalue weighted by atomic mass is 19.1. The van der Waals surface area contributed by atoms with Crippen molar-refractivity contribution in [2.24, 2.45) is 11.8 Å². The number of aromatic nitrogens is 2. The van der Waals surface area contributed by atoms with E-state index in [0.717, 1.165) is 25.5 Å². The van der Waals surface area contributed by atoms with Crippen molar-refractivity contribution in [1.82, 2.24) is 14.9 Å². The van der Waals surface area contributed by atoms with Crippen molar-refractivity contribution < 1.29 is 23.4 Å². The number of benzene rings is 1. The molecule has 1 N–H and O–H groups in total. The summed E-state index contributed by atoms with van der Waals surface area (Å²) in [5, 5.41) is 11.9. The highest BCUT2D eigenvalue weighted by Gasteiger charge is 2.51. The first kappa shape index (κ1) is 21.9. The van der Waals surface area contributed by atoms with Gasteiger partial charge in [0.15, 0.2) is 0 Å². The number of nitrogens with zero attached hydrogens (tertiary/aromatic N) is 3. The standard InChI is InChI=1S/C23H29F2N3O3/c1-3-30-21-19(11-26-22(27-21)31-4-2)23(29)7-5-6-16-13-28(14-20(16)23)12-15-8-17(24)10-18(25)9-15/h8-11,16,20,29H,3-7,12-14H2,1-2H3/t16-,20+,23-/m1/s1. The molecule has 2 aliphatic rings. The van der Waals surface area contributed by atoms with E-state index in [-0.39, 0.29) is 17.8 Å². The third-order valence-electron chi connectivity index (χ3n) is 6.34. The fourth-order valence-corrected chi connectivity index (χ4v) is 5.13. The molecule has 2 fully saturated rings. The lowest BCUT2D eigenvalue weighted by atomic mass is 9.68. The van der Waals surface area contributed by atoms with Crippen LogP contribution in [0.2, 0.25) is 0 Å². The smallest absolute Gasteiger partial charge is 0.319 e. The van der Waals surface area contributed by atoms with Crippen LogP contribution >= 0.6 is 0 Å². The van der Waals surface area contributed by atoms with Gasteiger partial charge >= 0.3 is 6.01 Å². The molecule has 3 atom stereocenters. The fourth-order valence-electron chi connectivity index (χ4n) is 5.13. The molecule has 1 aliphatic heterocycles. The molecular formula is C23H29F2N3O3. The van der Waals surface area contributed by atoms with Gasteiger partial charge in [0.25, 0.3) is 0 Å². The molecule has 2 aromatic rings. The van der Waals surface area contributed by atoms with Crippen LogP contribution in [0.3, 0.4) is 0 Å². The zero-order chi connectivity index (χ0) is 22.0. The Bertz CT molecular complexity index is 909. The Morgan fingerprint density at radius 3 is 2.58 bits per heavy atom. The monoisotopic (exact) mass is 433 g/mol. The summed E-state index contributed by atoms with van der Waals surface area (Å²) in [7, 11) is 0. The van der Waals surface area contributed by atoms with Crippen LogP contribution in [-0.2, 0) is 12.1 Å². The Hall–Kier alpha value is -2.32. The van der Waals surface area contributed by atoms with Crippen molar-refractivity contribution in [2.45, 2.75) is 45.3 Å². The first-order chi connectivity index (χ1) is 14.9. The van der Waals surface area contributed by atoms with E-state index in [1.807, 2.05) is 13.8 Å². The average Bonchev–Trinajstić information content (AvgIpc) is 3.12. The Morgan fingerprint density at radius 2 is 1.87 bits per heavy atom. The topological polar surface area (TPSA) is 67.7 Å². The van der Waals surface area contributed by atoms with E-state index < -0.39 is 17.2 Å². The van der Waals surface area contributed by atoms with Gasteiger partial charge in [-0.25, -0.2) is 13.8 Å². The number of halogens is 2. The number of rotatable bonds is 7. The number of hydrogen-bond acceptors (Lipinski definition) is 6. The zero-order valence-electron chi connectivity index (χ0n) is 18.0. The molecule has 31 heavy (non-hydrogen) atoms. The molecule has 4 rings (SSSR count). The van der Waals surface area contributed by atoms with Crippen LogP contribution in [0, 0.1) is 23.5 Å². The second-order valence-electron chi connectivity index (χ2n) is 8.39. The average molecular weight is 433 g/mol. The molecule has 6 nitrogen and oxygen atoms in total. The molecule has 1 aliphatic carbocycles. The molecule has 0 radical (unpaired) electrons. The van der Waals surface area contributed by atoms with Gasteiger partial charge in [-0.3, -0.25) is 4.90 Å². The van der Waals surface area contributed by atoms with Gasteiger partial charge in [0.05, 0.1) is 18.8 Å². The molecule has 1 aromatic carbocycles. The Kier molecular flexibility index (Phi) is 6.39. The number of ether oxygens (including phenoxy) is 2. The summed E-state index contributed by atoms with van der Waals surface area (Å²) in [4.78, 5) is 10.8. The summed E-state index contributed by atoms with van der Waals surface area (Å²) in [5.41, 5.74) is 0.0605. The summed E-state index contributed by atoms with van der Waals surface area (Å²) < 4.78 is 38.4. The third kappa shape index (κ3) is 4.50. The van der Waals surface area contributed by atoms with E-state index in [1.54, 1.807) is 6.20 Å². The van der Waals surface area contributed by atoms with Gasteiger partial charge in [-0.1, -0.05) is 0 Å². The maximum atomic E-state index is 13.6. The lowest BCUT2D eigenvalue weighted by Gasteiger charge is -2.41. The molecule has 1 saturated heterocycles. The molecule has 1 aromatic heterocycles. The van der Waals surface area contributed by atoms with E-state index in [1.165, 1.54) is 12.1 Å². The van der Waals surface area contributed by atoms with Gasteiger partial charge in [-0.2, -0.15) is 4.98 Å². The summed E-state index contributed by atoms with van der Waals surface area (Å²) in [6.07, 6.45) is 4.09. The molecule has 8 heteroatoms. The Balaban J connectivity index is 1.59. The van der Waals surface area contributed by atoms with Gasteiger partial charge in [-0.05, 0) is 56.7 Å². The summed E-state index contributed by atoms with van der Waals surface area (Å²) >= 11 is 0.